The zero-order valence-electron chi connectivity index (χ0n) is 16.9. The van der Waals surface area contributed by atoms with E-state index in [9.17, 15) is 9.18 Å². The van der Waals surface area contributed by atoms with Crippen LogP contribution in [-0.2, 0) is 9.53 Å². The van der Waals surface area contributed by atoms with Gasteiger partial charge in [0.05, 0.1) is 18.2 Å². The third-order valence-corrected chi connectivity index (χ3v) is 5.07. The van der Waals surface area contributed by atoms with Crippen molar-refractivity contribution in [3.63, 3.8) is 0 Å². The third kappa shape index (κ3) is 5.24. The molecular weight excluding hydrogens is 439 g/mol. The fourth-order valence-electron chi connectivity index (χ4n) is 3.23. The number of anilines is 3. The molecular formula is C22H20ClFN4O4. The van der Waals surface area contributed by atoms with Gasteiger partial charge in [-0.3, -0.25) is 0 Å². The molecule has 0 radical (unpaired) electrons. The standard InChI is InChI=1S/C22H20ClFN4O4/c23-18-11-15(3-6-19(18)24)26-22-25-12-17(21(27-22)28-7-9-31-10-8-28)14-1-4-16(5-2-14)32-13-20(29)30/h1-6,11-12H,7-10,13H2,(H,29,30)(H,25,26,27). The zero-order chi connectivity index (χ0) is 22.5. The second-order valence-electron chi connectivity index (χ2n) is 6.99. The first-order chi connectivity index (χ1) is 15.5. The minimum Gasteiger partial charge on any atom is -0.482 e. The van der Waals surface area contributed by atoms with Crippen LogP contribution in [0.25, 0.3) is 11.1 Å². The number of aromatic nitrogens is 2. The molecule has 166 valence electrons. The van der Waals surface area contributed by atoms with Crippen LogP contribution >= 0.6 is 11.6 Å². The summed E-state index contributed by atoms with van der Waals surface area (Å²) in [4.78, 5) is 21.9. The monoisotopic (exact) mass is 458 g/mol. The molecule has 0 bridgehead atoms. The lowest BCUT2D eigenvalue weighted by atomic mass is 10.1. The number of hydrogen-bond donors (Lipinski definition) is 2. The summed E-state index contributed by atoms with van der Waals surface area (Å²) in [5.41, 5.74) is 2.22. The molecule has 10 heteroatoms. The number of carbonyl (C=O) groups is 1. The van der Waals surface area contributed by atoms with Crippen LogP contribution in [-0.4, -0.2) is 54.0 Å². The molecule has 2 N–H and O–H groups in total. The van der Waals surface area contributed by atoms with Gasteiger partial charge in [-0.2, -0.15) is 4.98 Å². The highest BCUT2D eigenvalue weighted by Crippen LogP contribution is 2.32. The van der Waals surface area contributed by atoms with Gasteiger partial charge in [0.2, 0.25) is 5.95 Å². The first kappa shape index (κ1) is 21.8. The lowest BCUT2D eigenvalue weighted by molar-refractivity contribution is -0.139. The molecule has 1 aromatic heterocycles. The number of halogens is 2. The van der Waals surface area contributed by atoms with Crippen LogP contribution in [0.2, 0.25) is 5.02 Å². The molecule has 1 saturated heterocycles. The van der Waals surface area contributed by atoms with E-state index in [0.717, 1.165) is 16.9 Å². The summed E-state index contributed by atoms with van der Waals surface area (Å²) < 4.78 is 24.1. The molecule has 1 aliphatic heterocycles. The number of benzene rings is 2. The summed E-state index contributed by atoms with van der Waals surface area (Å²) >= 11 is 5.87. The molecule has 0 aliphatic carbocycles. The topological polar surface area (TPSA) is 96.8 Å². The summed E-state index contributed by atoms with van der Waals surface area (Å²) in [7, 11) is 0. The molecule has 2 aromatic carbocycles. The first-order valence-electron chi connectivity index (χ1n) is 9.86. The molecule has 1 aliphatic rings. The lowest BCUT2D eigenvalue weighted by Crippen LogP contribution is -2.37. The number of carboxylic acids is 1. The number of aliphatic carboxylic acids is 1. The van der Waals surface area contributed by atoms with Gasteiger partial charge in [-0.25, -0.2) is 14.2 Å². The highest BCUT2D eigenvalue weighted by molar-refractivity contribution is 6.31. The van der Waals surface area contributed by atoms with Gasteiger partial charge in [-0.1, -0.05) is 23.7 Å². The lowest BCUT2D eigenvalue weighted by Gasteiger charge is -2.29. The highest BCUT2D eigenvalue weighted by Gasteiger charge is 2.19. The second kappa shape index (κ2) is 9.80. The SMILES string of the molecule is O=C(O)COc1ccc(-c2cnc(Nc3ccc(F)c(Cl)c3)nc2N2CCOCC2)cc1. The first-order valence-corrected chi connectivity index (χ1v) is 10.2. The van der Waals surface area contributed by atoms with E-state index in [1.165, 1.54) is 12.1 Å². The minimum atomic E-state index is -1.04. The van der Waals surface area contributed by atoms with Gasteiger partial charge in [0.25, 0.3) is 0 Å². The molecule has 8 nitrogen and oxygen atoms in total. The van der Waals surface area contributed by atoms with Crippen LogP contribution in [0.1, 0.15) is 0 Å². The molecule has 32 heavy (non-hydrogen) atoms. The fourth-order valence-corrected chi connectivity index (χ4v) is 3.41. The summed E-state index contributed by atoms with van der Waals surface area (Å²) in [5.74, 6) is -0.0186. The zero-order valence-corrected chi connectivity index (χ0v) is 17.7. The Labute approximate surface area is 188 Å². The van der Waals surface area contributed by atoms with E-state index in [1.54, 1.807) is 24.4 Å². The van der Waals surface area contributed by atoms with E-state index >= 15 is 0 Å². The van der Waals surface area contributed by atoms with Gasteiger partial charge in [0, 0.05) is 30.5 Å². The number of rotatable bonds is 7. The maximum atomic E-state index is 13.5. The van der Waals surface area contributed by atoms with Crippen molar-refractivity contribution in [2.45, 2.75) is 0 Å². The molecule has 1 fully saturated rings. The average molecular weight is 459 g/mol. The number of ether oxygens (including phenoxy) is 2. The van der Waals surface area contributed by atoms with E-state index in [1.807, 2.05) is 12.1 Å². The van der Waals surface area contributed by atoms with Crippen LogP contribution in [0.15, 0.2) is 48.7 Å². The Morgan fingerprint density at radius 3 is 2.66 bits per heavy atom. The van der Waals surface area contributed by atoms with Crippen LogP contribution < -0.4 is 15.0 Å². The summed E-state index contributed by atoms with van der Waals surface area (Å²) in [6.07, 6.45) is 1.71. The third-order valence-electron chi connectivity index (χ3n) is 4.78. The number of morpholine rings is 1. The molecule has 0 saturated carbocycles. The minimum absolute atomic E-state index is 0.00484. The van der Waals surface area contributed by atoms with Crippen molar-refractivity contribution in [3.8, 4) is 16.9 Å². The molecule has 0 unspecified atom stereocenters. The van der Waals surface area contributed by atoms with Crippen molar-refractivity contribution in [2.75, 3.05) is 43.1 Å². The van der Waals surface area contributed by atoms with Crippen molar-refractivity contribution < 1.29 is 23.8 Å². The Morgan fingerprint density at radius 2 is 1.97 bits per heavy atom. The quantitative estimate of drug-likeness (QED) is 0.548. The van der Waals surface area contributed by atoms with Crippen molar-refractivity contribution >= 4 is 35.0 Å². The Balaban J connectivity index is 1.63. The van der Waals surface area contributed by atoms with Gasteiger partial charge in [-0.15, -0.1) is 0 Å². The van der Waals surface area contributed by atoms with E-state index in [0.29, 0.717) is 43.7 Å². The predicted molar refractivity (Wildman–Crippen MR) is 118 cm³/mol. The Kier molecular flexibility index (Phi) is 6.67. The maximum Gasteiger partial charge on any atom is 0.341 e. The Hall–Kier alpha value is -3.43. The van der Waals surface area contributed by atoms with E-state index in [4.69, 9.17) is 31.2 Å². The smallest absolute Gasteiger partial charge is 0.341 e. The van der Waals surface area contributed by atoms with E-state index in [-0.39, 0.29) is 5.02 Å². The Bertz CT molecular complexity index is 1110. The highest BCUT2D eigenvalue weighted by atomic mass is 35.5. The number of carboxylic acid groups (broad SMARTS) is 1. The summed E-state index contributed by atoms with van der Waals surface area (Å²) in [6.45, 7) is 2.11. The van der Waals surface area contributed by atoms with Crippen molar-refractivity contribution in [1.82, 2.24) is 9.97 Å². The van der Waals surface area contributed by atoms with Crippen LogP contribution in [0.5, 0.6) is 5.75 Å². The van der Waals surface area contributed by atoms with Gasteiger partial charge in [0.15, 0.2) is 6.61 Å². The van der Waals surface area contributed by atoms with Crippen molar-refractivity contribution in [1.29, 1.82) is 0 Å². The van der Waals surface area contributed by atoms with Gasteiger partial charge < -0.3 is 24.8 Å². The van der Waals surface area contributed by atoms with Crippen molar-refractivity contribution in [3.05, 3.63) is 59.5 Å². The van der Waals surface area contributed by atoms with Crippen LogP contribution in [0, 0.1) is 5.82 Å². The number of hydrogen-bond acceptors (Lipinski definition) is 7. The Morgan fingerprint density at radius 1 is 1.22 bits per heavy atom. The van der Waals surface area contributed by atoms with Gasteiger partial charge >= 0.3 is 5.97 Å². The summed E-state index contributed by atoms with van der Waals surface area (Å²) in [5, 5.41) is 11.8. The predicted octanol–water partition coefficient (Wildman–Crippen LogP) is 3.98. The fraction of sp³-hybridized carbons (Fsp3) is 0.227. The maximum absolute atomic E-state index is 13.5. The largest absolute Gasteiger partial charge is 0.482 e. The summed E-state index contributed by atoms with van der Waals surface area (Å²) in [6, 6.07) is 11.4. The van der Waals surface area contributed by atoms with Gasteiger partial charge in [-0.05, 0) is 35.9 Å². The molecule has 4 rings (SSSR count). The second-order valence-corrected chi connectivity index (χ2v) is 7.40. The van der Waals surface area contributed by atoms with Crippen LogP contribution in [0.4, 0.5) is 21.8 Å². The van der Waals surface area contributed by atoms with E-state index in [2.05, 4.69) is 15.2 Å². The molecule has 0 spiro atoms. The molecule has 3 aromatic rings. The van der Waals surface area contributed by atoms with E-state index < -0.39 is 18.4 Å². The molecule has 0 amide bonds. The number of nitrogens with zero attached hydrogens (tertiary/aromatic N) is 3. The molecule has 2 heterocycles. The average Bonchev–Trinajstić information content (AvgIpc) is 2.81. The molecule has 0 atom stereocenters. The van der Waals surface area contributed by atoms with Crippen molar-refractivity contribution in [2.24, 2.45) is 0 Å². The van der Waals surface area contributed by atoms with Gasteiger partial charge in [0.1, 0.15) is 17.4 Å². The number of nitrogens with one attached hydrogen (secondary N) is 1. The van der Waals surface area contributed by atoms with Crippen LogP contribution in [0.3, 0.4) is 0 Å². The normalized spacial score (nSPS) is 13.6.